The van der Waals surface area contributed by atoms with Crippen molar-refractivity contribution in [2.45, 2.75) is 64.2 Å². The zero-order valence-corrected chi connectivity index (χ0v) is 26.9. The number of benzene rings is 2. The molecule has 0 saturated carbocycles. The molecule has 0 unspecified atom stereocenters. The molecule has 47 heavy (non-hydrogen) atoms. The first-order valence-electron chi connectivity index (χ1n) is 16.0. The zero-order chi connectivity index (χ0) is 33.6. The molecule has 0 aliphatic carbocycles. The van der Waals surface area contributed by atoms with Crippen molar-refractivity contribution in [1.29, 1.82) is 0 Å². The number of piperidine rings is 2. The molecule has 2 saturated heterocycles. The maximum absolute atomic E-state index is 13.7. The van der Waals surface area contributed by atoms with Crippen molar-refractivity contribution in [2.24, 2.45) is 0 Å². The molecule has 13 nitrogen and oxygen atoms in total. The summed E-state index contributed by atoms with van der Waals surface area (Å²) in [5.74, 6) is -1.95. The lowest BCUT2D eigenvalue weighted by Crippen LogP contribution is -2.53. The third-order valence-electron chi connectivity index (χ3n) is 7.80. The number of ether oxygens (including phenoxy) is 5. The Bertz CT molecular complexity index is 1370. The van der Waals surface area contributed by atoms with Gasteiger partial charge in [0, 0.05) is 26.4 Å². The highest BCUT2D eigenvalue weighted by atomic mass is 16.6. The Labute approximate surface area is 274 Å². The van der Waals surface area contributed by atoms with E-state index in [9.17, 15) is 24.0 Å². The number of likely N-dealkylation sites (tertiary alicyclic amines) is 1. The van der Waals surface area contributed by atoms with E-state index < -0.39 is 23.9 Å². The highest BCUT2D eigenvalue weighted by molar-refractivity contribution is 5.94. The smallest absolute Gasteiger partial charge is 0.347 e. The van der Waals surface area contributed by atoms with Crippen molar-refractivity contribution >= 4 is 29.7 Å². The third kappa shape index (κ3) is 11.5. The summed E-state index contributed by atoms with van der Waals surface area (Å²) in [5.41, 5.74) is 0.831. The minimum Gasteiger partial charge on any atom is -0.464 e. The Kier molecular flexibility index (Phi) is 13.7. The molecule has 0 aromatic heterocycles. The van der Waals surface area contributed by atoms with E-state index in [4.69, 9.17) is 23.7 Å². The van der Waals surface area contributed by atoms with Crippen molar-refractivity contribution in [1.82, 2.24) is 15.5 Å². The van der Waals surface area contributed by atoms with Gasteiger partial charge in [-0.3, -0.25) is 14.4 Å². The number of carbonyl (C=O) groups excluding carboxylic acids is 5. The minimum atomic E-state index is -0.861. The summed E-state index contributed by atoms with van der Waals surface area (Å²) in [6, 6.07) is 12.0. The lowest BCUT2D eigenvalue weighted by atomic mass is 10.0. The lowest BCUT2D eigenvalue weighted by molar-refractivity contribution is -0.152. The van der Waals surface area contributed by atoms with E-state index in [1.165, 1.54) is 19.1 Å². The van der Waals surface area contributed by atoms with Crippen LogP contribution in [0.3, 0.4) is 0 Å². The fourth-order valence-electron chi connectivity index (χ4n) is 5.41. The van der Waals surface area contributed by atoms with Gasteiger partial charge in [-0.05, 0) is 75.5 Å². The van der Waals surface area contributed by atoms with E-state index in [0.717, 1.165) is 31.5 Å². The van der Waals surface area contributed by atoms with Crippen LogP contribution in [0.5, 0.6) is 11.5 Å². The maximum atomic E-state index is 13.7. The van der Waals surface area contributed by atoms with Crippen LogP contribution in [0.1, 0.15) is 55.5 Å². The van der Waals surface area contributed by atoms with Crippen molar-refractivity contribution in [3.63, 3.8) is 0 Å². The maximum Gasteiger partial charge on any atom is 0.347 e. The Morgan fingerprint density at radius 1 is 0.872 bits per heavy atom. The molecule has 2 N–H and O–H groups in total. The number of para-hydroxylation sites is 1. The SMILES string of the molecule is CCOC(=O)COC1CCN(C(=O)[C@H](Cc2ccc(OC(=O)c3ccccc3OC(C)=O)cc2)NC(=O)COC2CCNCC2)CC1. The number of rotatable bonds is 14. The van der Waals surface area contributed by atoms with E-state index in [0.29, 0.717) is 25.9 Å². The molecule has 2 aromatic rings. The first-order chi connectivity index (χ1) is 22.7. The number of hydrogen-bond acceptors (Lipinski definition) is 11. The molecule has 254 valence electrons. The van der Waals surface area contributed by atoms with Gasteiger partial charge in [-0.1, -0.05) is 24.3 Å². The van der Waals surface area contributed by atoms with E-state index in [1.807, 2.05) is 0 Å². The normalized spacial score (nSPS) is 16.2. The molecule has 0 bridgehead atoms. The number of nitrogens with zero attached hydrogens (tertiary/aromatic N) is 1. The summed E-state index contributed by atoms with van der Waals surface area (Å²) >= 11 is 0. The van der Waals surface area contributed by atoms with Gasteiger partial charge in [-0.25, -0.2) is 9.59 Å². The van der Waals surface area contributed by atoms with Crippen LogP contribution in [0.25, 0.3) is 0 Å². The lowest BCUT2D eigenvalue weighted by Gasteiger charge is -2.34. The van der Waals surface area contributed by atoms with Crippen LogP contribution in [0.4, 0.5) is 0 Å². The number of nitrogens with one attached hydrogen (secondary N) is 2. The standard InChI is InChI=1S/C34H43N3O10/c1-3-43-32(40)22-45-26-14-18-37(19-15-26)33(41)29(36-31(39)21-44-25-12-16-35-17-13-25)20-24-8-10-27(11-9-24)47-34(42)28-6-4-5-7-30(28)46-23(2)38/h4-11,25-26,29,35H,3,12-22H2,1-2H3,(H,36,39)/t29-/m0/s1. The Morgan fingerprint density at radius 2 is 1.53 bits per heavy atom. The molecule has 2 fully saturated rings. The van der Waals surface area contributed by atoms with Crippen molar-refractivity contribution in [2.75, 3.05) is 46.0 Å². The molecular weight excluding hydrogens is 610 g/mol. The summed E-state index contributed by atoms with van der Waals surface area (Å²) in [4.78, 5) is 64.3. The molecule has 0 spiro atoms. The fraction of sp³-hybridized carbons (Fsp3) is 0.500. The minimum absolute atomic E-state index is 0.0129. The second-order valence-electron chi connectivity index (χ2n) is 11.3. The number of amides is 2. The van der Waals surface area contributed by atoms with Gasteiger partial charge in [-0.15, -0.1) is 0 Å². The van der Waals surface area contributed by atoms with Gasteiger partial charge < -0.3 is 39.2 Å². The number of carbonyl (C=O) groups is 5. The summed E-state index contributed by atoms with van der Waals surface area (Å²) in [6.45, 7) is 5.46. The fourth-order valence-corrected chi connectivity index (χ4v) is 5.41. The second kappa shape index (κ2) is 18.1. The molecule has 4 rings (SSSR count). The summed E-state index contributed by atoms with van der Waals surface area (Å²) in [7, 11) is 0. The number of esters is 3. The van der Waals surface area contributed by atoms with E-state index in [2.05, 4.69) is 10.6 Å². The summed E-state index contributed by atoms with van der Waals surface area (Å²) in [6.07, 6.45) is 2.73. The van der Waals surface area contributed by atoms with Gasteiger partial charge in [0.1, 0.15) is 36.3 Å². The van der Waals surface area contributed by atoms with Gasteiger partial charge in [0.2, 0.25) is 11.8 Å². The molecule has 2 aliphatic heterocycles. The first kappa shape index (κ1) is 35.5. The number of hydrogen-bond donors (Lipinski definition) is 2. The van der Waals surface area contributed by atoms with Crippen LogP contribution < -0.4 is 20.1 Å². The molecule has 2 amide bonds. The summed E-state index contributed by atoms with van der Waals surface area (Å²) < 4.78 is 27.0. The molecule has 2 aliphatic rings. The van der Waals surface area contributed by atoms with Crippen LogP contribution in [0.2, 0.25) is 0 Å². The molecular formula is C34H43N3O10. The molecule has 0 radical (unpaired) electrons. The van der Waals surface area contributed by atoms with E-state index in [-0.39, 0.29) is 67.3 Å². The van der Waals surface area contributed by atoms with Crippen LogP contribution in [0, 0.1) is 0 Å². The predicted molar refractivity (Wildman–Crippen MR) is 169 cm³/mol. The van der Waals surface area contributed by atoms with Crippen LogP contribution in [-0.4, -0.2) is 98.9 Å². The average molecular weight is 654 g/mol. The van der Waals surface area contributed by atoms with Crippen molar-refractivity contribution < 1.29 is 47.7 Å². The topological polar surface area (TPSA) is 159 Å². The zero-order valence-electron chi connectivity index (χ0n) is 26.9. The summed E-state index contributed by atoms with van der Waals surface area (Å²) in [5, 5.41) is 6.13. The average Bonchev–Trinajstić information content (AvgIpc) is 3.07. The highest BCUT2D eigenvalue weighted by Gasteiger charge is 2.30. The third-order valence-corrected chi connectivity index (χ3v) is 7.80. The van der Waals surface area contributed by atoms with Crippen molar-refractivity contribution in [3.05, 3.63) is 59.7 Å². The van der Waals surface area contributed by atoms with Gasteiger partial charge in [0.05, 0.1) is 18.8 Å². The van der Waals surface area contributed by atoms with Crippen LogP contribution in [-0.2, 0) is 39.8 Å². The monoisotopic (exact) mass is 653 g/mol. The largest absolute Gasteiger partial charge is 0.464 e. The van der Waals surface area contributed by atoms with Gasteiger partial charge in [0.15, 0.2) is 0 Å². The molecule has 2 aromatic carbocycles. The Hall–Kier alpha value is -4.33. The molecule has 2 heterocycles. The van der Waals surface area contributed by atoms with Gasteiger partial charge in [-0.2, -0.15) is 0 Å². The van der Waals surface area contributed by atoms with Crippen LogP contribution in [0.15, 0.2) is 48.5 Å². The van der Waals surface area contributed by atoms with Gasteiger partial charge >= 0.3 is 17.9 Å². The van der Waals surface area contributed by atoms with Crippen LogP contribution >= 0.6 is 0 Å². The second-order valence-corrected chi connectivity index (χ2v) is 11.3. The predicted octanol–water partition coefficient (Wildman–Crippen LogP) is 2.20. The van der Waals surface area contributed by atoms with E-state index in [1.54, 1.807) is 48.2 Å². The molecule has 13 heteroatoms. The quantitative estimate of drug-likeness (QED) is 0.227. The molecule has 1 atom stereocenters. The van der Waals surface area contributed by atoms with Crippen molar-refractivity contribution in [3.8, 4) is 11.5 Å². The van der Waals surface area contributed by atoms with E-state index >= 15 is 0 Å². The van der Waals surface area contributed by atoms with Gasteiger partial charge in [0.25, 0.3) is 0 Å². The first-order valence-corrected chi connectivity index (χ1v) is 16.0. The highest BCUT2D eigenvalue weighted by Crippen LogP contribution is 2.22. The Balaban J connectivity index is 1.38. The Morgan fingerprint density at radius 3 is 2.21 bits per heavy atom.